The third kappa shape index (κ3) is 4.59. The highest BCUT2D eigenvalue weighted by atomic mass is 16.5. The molecule has 1 saturated heterocycles. The first-order valence-corrected chi connectivity index (χ1v) is 9.37. The first-order valence-electron chi connectivity index (χ1n) is 9.37. The van der Waals surface area contributed by atoms with Crippen molar-refractivity contribution in [3.63, 3.8) is 0 Å². The smallest absolute Gasteiger partial charge is 0.254 e. The Morgan fingerprint density at radius 2 is 1.59 bits per heavy atom. The van der Waals surface area contributed by atoms with Crippen molar-refractivity contribution in [1.82, 2.24) is 9.88 Å². The number of carbonyl (C=O) groups is 2. The van der Waals surface area contributed by atoms with Gasteiger partial charge in [0.1, 0.15) is 0 Å². The second-order valence-electron chi connectivity index (χ2n) is 6.71. The molecule has 0 unspecified atom stereocenters. The predicted molar refractivity (Wildman–Crippen MR) is 108 cm³/mol. The maximum absolute atomic E-state index is 13.0. The predicted octanol–water partition coefficient (Wildman–Crippen LogP) is 2.60. The zero-order chi connectivity index (χ0) is 20.8. The Kier molecular flexibility index (Phi) is 6.54. The van der Waals surface area contributed by atoms with E-state index in [1.807, 2.05) is 0 Å². The third-order valence-corrected chi connectivity index (χ3v) is 5.01. The van der Waals surface area contributed by atoms with Crippen molar-refractivity contribution in [3.05, 3.63) is 42.2 Å². The van der Waals surface area contributed by atoms with Crippen LogP contribution in [0.15, 0.2) is 36.7 Å². The van der Waals surface area contributed by atoms with Gasteiger partial charge in [0.2, 0.25) is 11.7 Å². The van der Waals surface area contributed by atoms with Crippen LogP contribution in [0.2, 0.25) is 0 Å². The van der Waals surface area contributed by atoms with Crippen molar-refractivity contribution in [2.75, 3.05) is 39.7 Å². The number of ether oxygens (including phenoxy) is 3. The molecule has 2 aromatic rings. The quantitative estimate of drug-likeness (QED) is 0.803. The molecule has 1 N–H and O–H groups in total. The molecule has 2 amide bonds. The number of amides is 2. The molecule has 0 atom stereocenters. The molecule has 8 heteroatoms. The van der Waals surface area contributed by atoms with Crippen LogP contribution in [0.3, 0.4) is 0 Å². The van der Waals surface area contributed by atoms with E-state index in [0.717, 1.165) is 5.69 Å². The van der Waals surface area contributed by atoms with Gasteiger partial charge in [-0.15, -0.1) is 0 Å². The molecule has 0 saturated carbocycles. The Hall–Kier alpha value is -3.29. The Morgan fingerprint density at radius 3 is 2.10 bits per heavy atom. The van der Waals surface area contributed by atoms with Gasteiger partial charge in [-0.1, -0.05) is 0 Å². The van der Waals surface area contributed by atoms with Crippen LogP contribution in [0, 0.1) is 5.92 Å². The van der Waals surface area contributed by atoms with Crippen LogP contribution in [0.4, 0.5) is 5.69 Å². The second-order valence-corrected chi connectivity index (χ2v) is 6.71. The van der Waals surface area contributed by atoms with Gasteiger partial charge in [-0.25, -0.2) is 0 Å². The van der Waals surface area contributed by atoms with E-state index in [4.69, 9.17) is 14.2 Å². The lowest BCUT2D eigenvalue weighted by atomic mass is 9.95. The normalized spacial score (nSPS) is 14.2. The number of methoxy groups -OCH3 is 3. The van der Waals surface area contributed by atoms with Crippen molar-refractivity contribution in [2.45, 2.75) is 12.8 Å². The average molecular weight is 399 g/mol. The van der Waals surface area contributed by atoms with Crippen LogP contribution in [0.5, 0.6) is 17.2 Å². The van der Waals surface area contributed by atoms with E-state index in [2.05, 4.69) is 10.3 Å². The molecule has 29 heavy (non-hydrogen) atoms. The number of likely N-dealkylation sites (tertiary alicyclic amines) is 1. The van der Waals surface area contributed by atoms with Gasteiger partial charge < -0.3 is 24.4 Å². The largest absolute Gasteiger partial charge is 0.493 e. The SMILES string of the molecule is COc1cc(C(=O)N2CCC(C(=O)Nc3ccncc3)CC2)cc(OC)c1OC. The number of benzene rings is 1. The molecule has 0 radical (unpaired) electrons. The number of nitrogens with zero attached hydrogens (tertiary/aromatic N) is 2. The Labute approximate surface area is 169 Å². The highest BCUT2D eigenvalue weighted by Crippen LogP contribution is 2.38. The summed E-state index contributed by atoms with van der Waals surface area (Å²) in [6.07, 6.45) is 4.47. The van der Waals surface area contributed by atoms with E-state index >= 15 is 0 Å². The fraction of sp³-hybridized carbons (Fsp3) is 0.381. The molecule has 3 rings (SSSR count). The summed E-state index contributed by atoms with van der Waals surface area (Å²) in [7, 11) is 4.54. The maximum Gasteiger partial charge on any atom is 0.254 e. The molecule has 2 heterocycles. The molecule has 1 aliphatic heterocycles. The maximum atomic E-state index is 13.0. The molecule has 0 aliphatic carbocycles. The minimum Gasteiger partial charge on any atom is -0.493 e. The number of rotatable bonds is 6. The second kappa shape index (κ2) is 9.27. The monoisotopic (exact) mass is 399 g/mol. The molecular weight excluding hydrogens is 374 g/mol. The van der Waals surface area contributed by atoms with Crippen molar-refractivity contribution < 1.29 is 23.8 Å². The summed E-state index contributed by atoms with van der Waals surface area (Å²) in [5.41, 5.74) is 1.18. The van der Waals surface area contributed by atoms with Crippen molar-refractivity contribution in [3.8, 4) is 17.2 Å². The number of hydrogen-bond acceptors (Lipinski definition) is 6. The summed E-state index contributed by atoms with van der Waals surface area (Å²) < 4.78 is 16.0. The van der Waals surface area contributed by atoms with Gasteiger partial charge in [0.15, 0.2) is 11.5 Å². The Balaban J connectivity index is 1.65. The average Bonchev–Trinajstić information content (AvgIpc) is 2.78. The zero-order valence-electron chi connectivity index (χ0n) is 16.8. The van der Waals surface area contributed by atoms with E-state index < -0.39 is 0 Å². The van der Waals surface area contributed by atoms with Crippen LogP contribution in [-0.2, 0) is 4.79 Å². The molecule has 0 bridgehead atoms. The highest BCUT2D eigenvalue weighted by molar-refractivity contribution is 5.96. The fourth-order valence-corrected chi connectivity index (χ4v) is 3.41. The first kappa shape index (κ1) is 20.4. The van der Waals surface area contributed by atoms with E-state index in [9.17, 15) is 9.59 Å². The molecule has 154 valence electrons. The minimum atomic E-state index is -0.132. The fourth-order valence-electron chi connectivity index (χ4n) is 3.41. The van der Waals surface area contributed by atoms with Gasteiger partial charge in [-0.2, -0.15) is 0 Å². The standard InChI is InChI=1S/C21H25N3O5/c1-27-17-12-15(13-18(28-2)19(17)29-3)21(26)24-10-6-14(7-11-24)20(25)23-16-4-8-22-9-5-16/h4-5,8-9,12-14H,6-7,10-11H2,1-3H3,(H,22,23,25). The summed E-state index contributed by atoms with van der Waals surface area (Å²) in [5, 5.41) is 2.90. The molecular formula is C21H25N3O5. The topological polar surface area (TPSA) is 90.0 Å². The van der Waals surface area contributed by atoms with E-state index in [-0.39, 0.29) is 17.7 Å². The van der Waals surface area contributed by atoms with Gasteiger partial charge in [0.05, 0.1) is 21.3 Å². The Bertz CT molecular complexity index is 839. The summed E-state index contributed by atoms with van der Waals surface area (Å²) >= 11 is 0. The van der Waals surface area contributed by atoms with Gasteiger partial charge in [0, 0.05) is 42.7 Å². The van der Waals surface area contributed by atoms with E-state index in [0.29, 0.717) is 48.7 Å². The van der Waals surface area contributed by atoms with Crippen molar-refractivity contribution in [2.24, 2.45) is 5.92 Å². The molecule has 1 fully saturated rings. The van der Waals surface area contributed by atoms with Crippen LogP contribution < -0.4 is 19.5 Å². The van der Waals surface area contributed by atoms with E-state index in [1.165, 1.54) is 21.3 Å². The number of aromatic nitrogens is 1. The van der Waals surface area contributed by atoms with Gasteiger partial charge in [0.25, 0.3) is 5.91 Å². The summed E-state index contributed by atoms with van der Waals surface area (Å²) in [5.74, 6) is 1.02. The highest BCUT2D eigenvalue weighted by Gasteiger charge is 2.29. The van der Waals surface area contributed by atoms with E-state index in [1.54, 1.807) is 41.6 Å². The van der Waals surface area contributed by atoms with Crippen LogP contribution in [-0.4, -0.2) is 56.1 Å². The van der Waals surface area contributed by atoms with Crippen LogP contribution in [0.1, 0.15) is 23.2 Å². The zero-order valence-corrected chi connectivity index (χ0v) is 16.8. The lowest BCUT2D eigenvalue weighted by Crippen LogP contribution is -2.41. The number of pyridine rings is 1. The van der Waals surface area contributed by atoms with Crippen molar-refractivity contribution in [1.29, 1.82) is 0 Å². The van der Waals surface area contributed by atoms with Crippen molar-refractivity contribution >= 4 is 17.5 Å². The number of carbonyl (C=O) groups excluding carboxylic acids is 2. The number of nitrogens with one attached hydrogen (secondary N) is 1. The third-order valence-electron chi connectivity index (χ3n) is 5.01. The molecule has 0 spiro atoms. The van der Waals surface area contributed by atoms with Crippen LogP contribution >= 0.6 is 0 Å². The minimum absolute atomic E-state index is 0.0314. The lowest BCUT2D eigenvalue weighted by molar-refractivity contribution is -0.121. The summed E-state index contributed by atoms with van der Waals surface area (Å²) in [4.78, 5) is 31.1. The lowest BCUT2D eigenvalue weighted by Gasteiger charge is -2.31. The first-order chi connectivity index (χ1) is 14.1. The molecule has 1 aromatic carbocycles. The molecule has 8 nitrogen and oxygen atoms in total. The van der Waals surface area contributed by atoms with Gasteiger partial charge >= 0.3 is 0 Å². The number of anilines is 1. The molecule has 1 aliphatic rings. The number of piperidine rings is 1. The summed E-state index contributed by atoms with van der Waals surface area (Å²) in [6, 6.07) is 6.79. The summed E-state index contributed by atoms with van der Waals surface area (Å²) in [6.45, 7) is 1.01. The van der Waals surface area contributed by atoms with Crippen LogP contribution in [0.25, 0.3) is 0 Å². The van der Waals surface area contributed by atoms with Gasteiger partial charge in [-0.05, 0) is 37.1 Å². The Morgan fingerprint density at radius 1 is 1.00 bits per heavy atom. The number of hydrogen-bond donors (Lipinski definition) is 1. The molecule has 1 aromatic heterocycles. The van der Waals surface area contributed by atoms with Gasteiger partial charge in [-0.3, -0.25) is 14.6 Å².